The Balaban J connectivity index is 1.91. The number of carboxylic acid groups (broad SMARTS) is 1. The Labute approximate surface area is 130 Å². The molecule has 0 aliphatic carbocycles. The molecule has 21 heavy (non-hydrogen) atoms. The normalized spacial score (nSPS) is 17.8. The summed E-state index contributed by atoms with van der Waals surface area (Å²) in [6, 6.07) is 4.12. The highest BCUT2D eigenvalue weighted by atomic mass is 79.9. The molecule has 1 aliphatic rings. The highest BCUT2D eigenvalue weighted by molar-refractivity contribution is 9.10. The number of urea groups is 1. The largest absolute Gasteiger partial charge is 0.481 e. The number of amides is 2. The Morgan fingerprint density at radius 2 is 2.24 bits per heavy atom. The molecule has 0 spiro atoms. The van der Waals surface area contributed by atoms with E-state index in [9.17, 15) is 14.0 Å². The number of halogens is 2. The van der Waals surface area contributed by atoms with Gasteiger partial charge in [0.25, 0.3) is 0 Å². The molecule has 1 atom stereocenters. The molecule has 2 amide bonds. The lowest BCUT2D eigenvalue weighted by molar-refractivity contribution is -0.137. The van der Waals surface area contributed by atoms with E-state index in [2.05, 4.69) is 21.2 Å². The molecule has 1 saturated heterocycles. The number of nitrogens with one attached hydrogen (secondary N) is 1. The van der Waals surface area contributed by atoms with Crippen LogP contribution in [-0.2, 0) is 4.79 Å². The van der Waals surface area contributed by atoms with E-state index in [-0.39, 0.29) is 24.1 Å². The van der Waals surface area contributed by atoms with Crippen molar-refractivity contribution in [2.24, 2.45) is 5.92 Å². The Hall–Kier alpha value is -1.63. The maximum absolute atomic E-state index is 13.7. The zero-order valence-corrected chi connectivity index (χ0v) is 12.9. The van der Waals surface area contributed by atoms with Gasteiger partial charge in [0.1, 0.15) is 5.82 Å². The quantitative estimate of drug-likeness (QED) is 0.867. The molecule has 0 aromatic heterocycles. The topological polar surface area (TPSA) is 69.6 Å². The molecule has 1 fully saturated rings. The molecule has 1 aliphatic heterocycles. The Morgan fingerprint density at radius 1 is 1.48 bits per heavy atom. The monoisotopic (exact) mass is 358 g/mol. The standard InChI is InChI=1S/C14H16BrFN2O3/c15-10-2-1-3-11(16)13(10)17-14(21)18-7-6-9(8-18)4-5-12(19)20/h1-3,9H,4-8H2,(H,17,21)(H,19,20). The minimum atomic E-state index is -0.826. The summed E-state index contributed by atoms with van der Waals surface area (Å²) in [6.07, 6.45) is 1.45. The molecule has 7 heteroatoms. The number of benzene rings is 1. The van der Waals surface area contributed by atoms with Gasteiger partial charge in [-0.15, -0.1) is 0 Å². The van der Waals surface area contributed by atoms with Crippen LogP contribution in [0.5, 0.6) is 0 Å². The number of carbonyl (C=O) groups excluding carboxylic acids is 1. The summed E-state index contributed by atoms with van der Waals surface area (Å²) in [5, 5.41) is 11.2. The van der Waals surface area contributed by atoms with Crippen LogP contribution in [-0.4, -0.2) is 35.1 Å². The van der Waals surface area contributed by atoms with Gasteiger partial charge in [-0.2, -0.15) is 0 Å². The van der Waals surface area contributed by atoms with Crippen molar-refractivity contribution in [3.8, 4) is 0 Å². The average molecular weight is 359 g/mol. The van der Waals surface area contributed by atoms with Crippen LogP contribution in [0.3, 0.4) is 0 Å². The number of carboxylic acids is 1. The second-order valence-electron chi connectivity index (χ2n) is 5.06. The van der Waals surface area contributed by atoms with Crippen molar-refractivity contribution in [3.63, 3.8) is 0 Å². The maximum atomic E-state index is 13.7. The van der Waals surface area contributed by atoms with E-state index in [1.807, 2.05) is 0 Å². The summed E-state index contributed by atoms with van der Waals surface area (Å²) in [5.41, 5.74) is 0.122. The average Bonchev–Trinajstić information content (AvgIpc) is 2.89. The van der Waals surface area contributed by atoms with E-state index in [4.69, 9.17) is 5.11 Å². The van der Waals surface area contributed by atoms with Crippen LogP contribution in [0.1, 0.15) is 19.3 Å². The number of nitrogens with zero attached hydrogens (tertiary/aromatic N) is 1. The van der Waals surface area contributed by atoms with Gasteiger partial charge in [-0.05, 0) is 46.8 Å². The summed E-state index contributed by atoms with van der Waals surface area (Å²) in [4.78, 5) is 24.3. The van der Waals surface area contributed by atoms with E-state index < -0.39 is 11.8 Å². The molecule has 0 saturated carbocycles. The zero-order valence-electron chi connectivity index (χ0n) is 11.3. The second kappa shape index (κ2) is 6.89. The van der Waals surface area contributed by atoms with Gasteiger partial charge in [0.2, 0.25) is 0 Å². The van der Waals surface area contributed by atoms with E-state index in [0.29, 0.717) is 24.0 Å². The Bertz CT molecular complexity index is 533. The van der Waals surface area contributed by atoms with E-state index >= 15 is 0 Å². The van der Waals surface area contributed by atoms with Crippen molar-refractivity contribution in [2.75, 3.05) is 18.4 Å². The summed E-state index contributed by atoms with van der Waals surface area (Å²) < 4.78 is 14.1. The molecule has 1 unspecified atom stereocenters. The van der Waals surface area contributed by atoms with Gasteiger partial charge in [0.05, 0.1) is 5.69 Å². The zero-order chi connectivity index (χ0) is 15.4. The Kier molecular flexibility index (Phi) is 5.17. The van der Waals surface area contributed by atoms with Crippen molar-refractivity contribution in [3.05, 3.63) is 28.5 Å². The maximum Gasteiger partial charge on any atom is 0.321 e. The third kappa shape index (κ3) is 4.17. The molecule has 2 rings (SSSR count). The lowest BCUT2D eigenvalue weighted by Gasteiger charge is -2.18. The molecule has 114 valence electrons. The summed E-state index contributed by atoms with van der Waals surface area (Å²) in [5.74, 6) is -1.14. The number of para-hydroxylation sites is 1. The van der Waals surface area contributed by atoms with Gasteiger partial charge in [-0.1, -0.05) is 6.07 Å². The summed E-state index contributed by atoms with van der Waals surface area (Å²) in [7, 11) is 0. The summed E-state index contributed by atoms with van der Waals surface area (Å²) >= 11 is 3.20. The van der Waals surface area contributed by atoms with Crippen molar-refractivity contribution < 1.29 is 19.1 Å². The number of hydrogen-bond donors (Lipinski definition) is 2. The molecule has 1 aromatic carbocycles. The lowest BCUT2D eigenvalue weighted by atomic mass is 10.0. The molecule has 0 bridgehead atoms. The number of likely N-dealkylation sites (tertiary alicyclic amines) is 1. The van der Waals surface area contributed by atoms with Crippen molar-refractivity contribution >= 4 is 33.6 Å². The SMILES string of the molecule is O=C(O)CCC1CCN(C(=O)Nc2c(F)cccc2Br)C1. The highest BCUT2D eigenvalue weighted by Crippen LogP contribution is 2.27. The minimum absolute atomic E-state index is 0.110. The van der Waals surface area contributed by atoms with Gasteiger partial charge in [0, 0.05) is 24.0 Å². The van der Waals surface area contributed by atoms with Crippen LogP contribution < -0.4 is 5.32 Å². The van der Waals surface area contributed by atoms with Crippen LogP contribution in [0, 0.1) is 11.7 Å². The smallest absolute Gasteiger partial charge is 0.321 e. The van der Waals surface area contributed by atoms with E-state index in [0.717, 1.165) is 6.42 Å². The van der Waals surface area contributed by atoms with Gasteiger partial charge >= 0.3 is 12.0 Å². The van der Waals surface area contributed by atoms with Gasteiger partial charge < -0.3 is 15.3 Å². The van der Waals surface area contributed by atoms with E-state index in [1.165, 1.54) is 6.07 Å². The third-order valence-electron chi connectivity index (χ3n) is 3.53. The van der Waals surface area contributed by atoms with Crippen LogP contribution in [0.25, 0.3) is 0 Å². The fraction of sp³-hybridized carbons (Fsp3) is 0.429. The number of aliphatic carboxylic acids is 1. The predicted molar refractivity (Wildman–Crippen MR) is 79.7 cm³/mol. The first-order valence-electron chi connectivity index (χ1n) is 6.69. The van der Waals surface area contributed by atoms with Gasteiger partial charge in [-0.3, -0.25) is 4.79 Å². The fourth-order valence-corrected chi connectivity index (χ4v) is 2.82. The fourth-order valence-electron chi connectivity index (χ4n) is 2.38. The number of rotatable bonds is 4. The molecule has 5 nitrogen and oxygen atoms in total. The third-order valence-corrected chi connectivity index (χ3v) is 4.20. The molecule has 1 heterocycles. The molecule has 0 radical (unpaired) electrons. The number of anilines is 1. The van der Waals surface area contributed by atoms with Crippen LogP contribution in [0.4, 0.5) is 14.9 Å². The molecule has 2 N–H and O–H groups in total. The lowest BCUT2D eigenvalue weighted by Crippen LogP contribution is -2.33. The second-order valence-corrected chi connectivity index (χ2v) is 5.91. The van der Waals surface area contributed by atoms with Gasteiger partial charge in [0.15, 0.2) is 0 Å². The van der Waals surface area contributed by atoms with Crippen LogP contribution >= 0.6 is 15.9 Å². The first kappa shape index (κ1) is 15.8. The number of hydrogen-bond acceptors (Lipinski definition) is 2. The van der Waals surface area contributed by atoms with E-state index in [1.54, 1.807) is 17.0 Å². The molecular weight excluding hydrogens is 343 g/mol. The van der Waals surface area contributed by atoms with Crippen LogP contribution in [0.15, 0.2) is 22.7 Å². The van der Waals surface area contributed by atoms with Crippen LogP contribution in [0.2, 0.25) is 0 Å². The minimum Gasteiger partial charge on any atom is -0.481 e. The number of carbonyl (C=O) groups is 2. The van der Waals surface area contributed by atoms with Crippen molar-refractivity contribution in [1.82, 2.24) is 4.90 Å². The highest BCUT2D eigenvalue weighted by Gasteiger charge is 2.27. The summed E-state index contributed by atoms with van der Waals surface area (Å²) in [6.45, 7) is 1.06. The van der Waals surface area contributed by atoms with Crippen molar-refractivity contribution in [1.29, 1.82) is 0 Å². The molecule has 1 aromatic rings. The predicted octanol–water partition coefficient (Wildman–Crippen LogP) is 3.31. The first-order chi connectivity index (χ1) is 9.97. The first-order valence-corrected chi connectivity index (χ1v) is 7.48. The van der Waals surface area contributed by atoms with Gasteiger partial charge in [-0.25, -0.2) is 9.18 Å². The Morgan fingerprint density at radius 3 is 2.90 bits per heavy atom. The molecular formula is C14H16BrFN2O3. The van der Waals surface area contributed by atoms with Crippen molar-refractivity contribution in [2.45, 2.75) is 19.3 Å².